The Morgan fingerprint density at radius 2 is 2.20 bits per heavy atom. The van der Waals surface area contributed by atoms with Gasteiger partial charge in [0.05, 0.1) is 11.3 Å². The Kier molecular flexibility index (Phi) is 3.69. The third kappa shape index (κ3) is 2.67. The molecule has 0 aliphatic heterocycles. The summed E-state index contributed by atoms with van der Waals surface area (Å²) in [5.41, 5.74) is 2.50. The van der Waals surface area contributed by atoms with Crippen LogP contribution in [0.15, 0.2) is 35.4 Å². The number of nitrogens with one attached hydrogen (secondary N) is 1. The van der Waals surface area contributed by atoms with E-state index in [-0.39, 0.29) is 5.78 Å². The molecule has 0 saturated heterocycles. The van der Waals surface area contributed by atoms with Gasteiger partial charge in [-0.15, -0.1) is 11.8 Å². The number of Topliss-reactive ketones (excluding diaryl/α,β-unsaturated/α-hetero) is 1. The van der Waals surface area contributed by atoms with Crippen LogP contribution < -0.4 is 5.32 Å². The maximum atomic E-state index is 11.7. The van der Waals surface area contributed by atoms with E-state index in [0.29, 0.717) is 17.9 Å². The van der Waals surface area contributed by atoms with Gasteiger partial charge >= 0.3 is 0 Å². The maximum Gasteiger partial charge on any atom is 0.227 e. The van der Waals surface area contributed by atoms with Gasteiger partial charge in [0.1, 0.15) is 0 Å². The summed E-state index contributed by atoms with van der Waals surface area (Å²) in [7, 11) is 0. The fraction of sp³-hybridized carbons (Fsp3) is 0.267. The minimum atomic E-state index is 0.155. The molecule has 0 spiro atoms. The lowest BCUT2D eigenvalue weighted by atomic mass is 9.96. The van der Waals surface area contributed by atoms with E-state index in [2.05, 4.69) is 27.4 Å². The van der Waals surface area contributed by atoms with Crippen LogP contribution in [0.3, 0.4) is 0 Å². The molecule has 0 saturated carbocycles. The van der Waals surface area contributed by atoms with Crippen molar-refractivity contribution < 1.29 is 4.79 Å². The van der Waals surface area contributed by atoms with Crippen molar-refractivity contribution in [2.45, 2.75) is 24.2 Å². The van der Waals surface area contributed by atoms with Gasteiger partial charge in [0.25, 0.3) is 0 Å². The fourth-order valence-electron chi connectivity index (χ4n) is 2.28. The standard InChI is InChI=1S/C15H15N3OS/c1-20-11-5-2-4-10(8-11)17-15-16-9-12-13(18-15)6-3-7-14(12)19/h2,4-5,8-9H,3,6-7H2,1H3,(H,16,17,18). The topological polar surface area (TPSA) is 54.9 Å². The number of rotatable bonds is 3. The second kappa shape index (κ2) is 5.63. The summed E-state index contributed by atoms with van der Waals surface area (Å²) in [4.78, 5) is 21.6. The summed E-state index contributed by atoms with van der Waals surface area (Å²) < 4.78 is 0. The summed E-state index contributed by atoms with van der Waals surface area (Å²) >= 11 is 1.69. The molecule has 0 fully saturated rings. The van der Waals surface area contributed by atoms with E-state index in [0.717, 1.165) is 24.2 Å². The summed E-state index contributed by atoms with van der Waals surface area (Å²) in [6, 6.07) is 8.09. The number of ketones is 1. The molecule has 0 radical (unpaired) electrons. The van der Waals surface area contributed by atoms with Crippen molar-refractivity contribution in [2.24, 2.45) is 0 Å². The van der Waals surface area contributed by atoms with Crippen LogP contribution in [0.1, 0.15) is 28.9 Å². The Morgan fingerprint density at radius 3 is 3.05 bits per heavy atom. The summed E-state index contributed by atoms with van der Waals surface area (Å²) in [5.74, 6) is 0.707. The van der Waals surface area contributed by atoms with E-state index in [4.69, 9.17) is 0 Å². The zero-order valence-corrected chi connectivity index (χ0v) is 12.0. The number of aryl methyl sites for hydroxylation is 1. The molecular formula is C15H15N3OS. The highest BCUT2D eigenvalue weighted by Crippen LogP contribution is 2.23. The second-order valence-electron chi connectivity index (χ2n) is 4.69. The number of nitrogens with zero attached hydrogens (tertiary/aromatic N) is 2. The molecule has 0 amide bonds. The van der Waals surface area contributed by atoms with E-state index in [1.54, 1.807) is 18.0 Å². The monoisotopic (exact) mass is 285 g/mol. The zero-order chi connectivity index (χ0) is 13.9. The van der Waals surface area contributed by atoms with Crippen LogP contribution in [0.5, 0.6) is 0 Å². The van der Waals surface area contributed by atoms with Crippen LogP contribution >= 0.6 is 11.8 Å². The molecule has 1 aromatic carbocycles. The summed E-state index contributed by atoms with van der Waals surface area (Å²) in [6.45, 7) is 0. The highest BCUT2D eigenvalue weighted by atomic mass is 32.2. The molecule has 1 aliphatic rings. The molecule has 20 heavy (non-hydrogen) atoms. The molecule has 102 valence electrons. The van der Waals surface area contributed by atoms with Crippen molar-refractivity contribution in [1.82, 2.24) is 9.97 Å². The Balaban J connectivity index is 1.86. The SMILES string of the molecule is CSc1cccc(Nc2ncc3c(n2)CCCC3=O)c1. The number of carbonyl (C=O) groups is 1. The van der Waals surface area contributed by atoms with Crippen molar-refractivity contribution >= 4 is 29.2 Å². The van der Waals surface area contributed by atoms with E-state index in [9.17, 15) is 4.79 Å². The molecule has 1 N–H and O–H groups in total. The summed E-state index contributed by atoms with van der Waals surface area (Å²) in [6.07, 6.45) is 6.02. The molecule has 1 aliphatic carbocycles. The Labute approximate surface area is 122 Å². The predicted octanol–water partition coefficient (Wildman–Crippen LogP) is 3.46. The van der Waals surface area contributed by atoms with Gasteiger partial charge in [-0.05, 0) is 37.3 Å². The molecule has 4 nitrogen and oxygen atoms in total. The molecule has 3 rings (SSSR count). The van der Waals surface area contributed by atoms with Crippen LogP contribution in [0.25, 0.3) is 0 Å². The first-order valence-corrected chi connectivity index (χ1v) is 7.79. The van der Waals surface area contributed by atoms with Crippen LogP contribution in [-0.2, 0) is 6.42 Å². The molecule has 1 heterocycles. The zero-order valence-electron chi connectivity index (χ0n) is 11.2. The number of hydrogen-bond donors (Lipinski definition) is 1. The minimum Gasteiger partial charge on any atom is -0.324 e. The van der Waals surface area contributed by atoms with Gasteiger partial charge in [-0.2, -0.15) is 0 Å². The predicted molar refractivity (Wildman–Crippen MR) is 80.8 cm³/mol. The molecule has 0 atom stereocenters. The Morgan fingerprint density at radius 1 is 1.30 bits per heavy atom. The number of carbonyl (C=O) groups excluding carboxylic acids is 1. The largest absolute Gasteiger partial charge is 0.324 e. The van der Waals surface area contributed by atoms with Gasteiger partial charge in [0, 0.05) is 23.2 Å². The average Bonchev–Trinajstić information content (AvgIpc) is 2.47. The number of hydrogen-bond acceptors (Lipinski definition) is 5. The van der Waals surface area contributed by atoms with Crippen LogP contribution in [0, 0.1) is 0 Å². The van der Waals surface area contributed by atoms with Gasteiger partial charge in [0.2, 0.25) is 5.95 Å². The van der Waals surface area contributed by atoms with Gasteiger partial charge in [-0.25, -0.2) is 9.97 Å². The van der Waals surface area contributed by atoms with Gasteiger partial charge < -0.3 is 5.32 Å². The van der Waals surface area contributed by atoms with Crippen molar-refractivity contribution in [2.75, 3.05) is 11.6 Å². The lowest BCUT2D eigenvalue weighted by molar-refractivity contribution is 0.0971. The lowest BCUT2D eigenvalue weighted by Crippen LogP contribution is -2.14. The van der Waals surface area contributed by atoms with Gasteiger partial charge in [-0.3, -0.25) is 4.79 Å². The molecule has 1 aromatic heterocycles. The first-order chi connectivity index (χ1) is 9.76. The van der Waals surface area contributed by atoms with Gasteiger partial charge in [0.15, 0.2) is 5.78 Å². The Hall–Kier alpha value is -1.88. The number of aromatic nitrogens is 2. The molecule has 2 aromatic rings. The average molecular weight is 285 g/mol. The highest BCUT2D eigenvalue weighted by Gasteiger charge is 2.19. The summed E-state index contributed by atoms with van der Waals surface area (Å²) in [5, 5.41) is 3.20. The molecule has 5 heteroatoms. The third-order valence-corrected chi connectivity index (χ3v) is 4.04. The second-order valence-corrected chi connectivity index (χ2v) is 5.57. The van der Waals surface area contributed by atoms with Gasteiger partial charge in [-0.1, -0.05) is 6.07 Å². The minimum absolute atomic E-state index is 0.155. The molecule has 0 unspecified atom stereocenters. The van der Waals surface area contributed by atoms with E-state index in [1.807, 2.05) is 18.4 Å². The van der Waals surface area contributed by atoms with Crippen molar-refractivity contribution in [3.05, 3.63) is 41.7 Å². The highest BCUT2D eigenvalue weighted by molar-refractivity contribution is 7.98. The Bertz CT molecular complexity index is 657. The lowest BCUT2D eigenvalue weighted by Gasteiger charge is -2.14. The van der Waals surface area contributed by atoms with Crippen molar-refractivity contribution in [3.8, 4) is 0 Å². The number of thioether (sulfide) groups is 1. The number of benzene rings is 1. The van der Waals surface area contributed by atoms with Crippen LogP contribution in [0.2, 0.25) is 0 Å². The van der Waals surface area contributed by atoms with E-state index < -0.39 is 0 Å². The normalized spacial score (nSPS) is 13.9. The smallest absolute Gasteiger partial charge is 0.227 e. The first kappa shape index (κ1) is 13.1. The van der Waals surface area contributed by atoms with Crippen molar-refractivity contribution in [3.63, 3.8) is 0 Å². The molecular weight excluding hydrogens is 270 g/mol. The fourth-order valence-corrected chi connectivity index (χ4v) is 2.74. The van der Waals surface area contributed by atoms with Crippen LogP contribution in [-0.4, -0.2) is 22.0 Å². The van der Waals surface area contributed by atoms with Crippen LogP contribution in [0.4, 0.5) is 11.6 Å². The quantitative estimate of drug-likeness (QED) is 0.875. The maximum absolute atomic E-state index is 11.7. The number of anilines is 2. The van der Waals surface area contributed by atoms with Crippen molar-refractivity contribution in [1.29, 1.82) is 0 Å². The number of fused-ring (bicyclic) bond motifs is 1. The first-order valence-electron chi connectivity index (χ1n) is 6.56. The van der Waals surface area contributed by atoms with E-state index >= 15 is 0 Å². The van der Waals surface area contributed by atoms with E-state index in [1.165, 1.54) is 4.90 Å². The third-order valence-electron chi connectivity index (χ3n) is 3.31. The molecule has 0 bridgehead atoms.